The Morgan fingerprint density at radius 2 is 2.03 bits per heavy atom. The zero-order chi connectivity index (χ0) is 20.9. The summed E-state index contributed by atoms with van der Waals surface area (Å²) in [5.74, 6) is 0.871. The largest absolute Gasteiger partial charge is 0.497 e. The van der Waals surface area contributed by atoms with Crippen molar-refractivity contribution >= 4 is 22.8 Å². The fourth-order valence-electron chi connectivity index (χ4n) is 3.99. The standard InChI is InChI=1S/C23H27N5O2/c1-3-20(16-6-8-19(30-2)9-7-16)27-23(29)17-5-4-12-28(15-17)18-13-21-22(26-14-18)25-11-10-24-21/h6-11,13-14,17,20H,3-5,12,15H2,1-2H3,(H,27,29)/t17-,20+/m0/s1. The second-order valence-corrected chi connectivity index (χ2v) is 7.62. The lowest BCUT2D eigenvalue weighted by Crippen LogP contribution is -2.44. The lowest BCUT2D eigenvalue weighted by Gasteiger charge is -2.34. The van der Waals surface area contributed by atoms with Gasteiger partial charge in [-0.25, -0.2) is 9.97 Å². The summed E-state index contributed by atoms with van der Waals surface area (Å²) in [7, 11) is 1.65. The van der Waals surface area contributed by atoms with Gasteiger partial charge in [0.1, 0.15) is 11.3 Å². The molecule has 1 aromatic carbocycles. The number of rotatable bonds is 6. The average molecular weight is 406 g/mol. The summed E-state index contributed by atoms with van der Waals surface area (Å²) in [6, 6.07) is 9.90. The van der Waals surface area contributed by atoms with Crippen molar-refractivity contribution in [3.63, 3.8) is 0 Å². The maximum absolute atomic E-state index is 13.1. The van der Waals surface area contributed by atoms with Gasteiger partial charge in [-0.1, -0.05) is 19.1 Å². The third-order valence-electron chi connectivity index (χ3n) is 5.71. The van der Waals surface area contributed by atoms with E-state index < -0.39 is 0 Å². The van der Waals surface area contributed by atoms with Crippen molar-refractivity contribution in [2.75, 3.05) is 25.1 Å². The summed E-state index contributed by atoms with van der Waals surface area (Å²) in [5, 5.41) is 3.25. The van der Waals surface area contributed by atoms with Crippen LogP contribution >= 0.6 is 0 Å². The first-order valence-corrected chi connectivity index (χ1v) is 10.4. The van der Waals surface area contributed by atoms with Crippen molar-refractivity contribution in [2.45, 2.75) is 32.2 Å². The van der Waals surface area contributed by atoms with Crippen LogP contribution in [0.2, 0.25) is 0 Å². The Labute approximate surface area is 176 Å². The van der Waals surface area contributed by atoms with Gasteiger partial charge in [-0.15, -0.1) is 0 Å². The molecule has 0 saturated carbocycles. The molecule has 0 bridgehead atoms. The summed E-state index contributed by atoms with van der Waals surface area (Å²) < 4.78 is 5.23. The number of aromatic nitrogens is 3. The predicted octanol–water partition coefficient (Wildman–Crippen LogP) is 3.52. The molecule has 4 rings (SSSR count). The van der Waals surface area contributed by atoms with Crippen LogP contribution < -0.4 is 15.0 Å². The van der Waals surface area contributed by atoms with Crippen LogP contribution in [0.3, 0.4) is 0 Å². The van der Waals surface area contributed by atoms with Crippen molar-refractivity contribution in [3.8, 4) is 5.75 Å². The quantitative estimate of drug-likeness (QED) is 0.676. The summed E-state index contributed by atoms with van der Waals surface area (Å²) in [4.78, 5) is 28.3. The molecule has 2 atom stereocenters. The number of ether oxygens (including phenoxy) is 1. The summed E-state index contributed by atoms with van der Waals surface area (Å²) in [5.41, 5.74) is 3.49. The van der Waals surface area contributed by atoms with Crippen LogP contribution in [0, 0.1) is 5.92 Å². The van der Waals surface area contributed by atoms with Crippen LogP contribution in [0.4, 0.5) is 5.69 Å². The minimum absolute atomic E-state index is 0.00334. The molecule has 1 aliphatic rings. The van der Waals surface area contributed by atoms with E-state index in [4.69, 9.17) is 4.74 Å². The van der Waals surface area contributed by atoms with Crippen molar-refractivity contribution in [2.24, 2.45) is 5.92 Å². The number of hydrogen-bond acceptors (Lipinski definition) is 6. The molecule has 1 saturated heterocycles. The van der Waals surface area contributed by atoms with E-state index in [-0.39, 0.29) is 17.9 Å². The molecule has 1 N–H and O–H groups in total. The number of methoxy groups -OCH3 is 1. The maximum Gasteiger partial charge on any atom is 0.225 e. The third kappa shape index (κ3) is 4.35. The molecule has 0 radical (unpaired) electrons. The number of pyridine rings is 1. The van der Waals surface area contributed by atoms with Crippen LogP contribution in [-0.4, -0.2) is 41.1 Å². The van der Waals surface area contributed by atoms with Crippen LogP contribution in [-0.2, 0) is 4.79 Å². The van der Waals surface area contributed by atoms with E-state index in [9.17, 15) is 4.79 Å². The van der Waals surface area contributed by atoms with Gasteiger partial charge in [0.15, 0.2) is 5.65 Å². The van der Waals surface area contributed by atoms with Crippen LogP contribution in [0.25, 0.3) is 11.2 Å². The summed E-state index contributed by atoms with van der Waals surface area (Å²) in [6.07, 6.45) is 7.83. The third-order valence-corrected chi connectivity index (χ3v) is 5.71. The molecule has 0 unspecified atom stereocenters. The van der Waals surface area contributed by atoms with Crippen LogP contribution in [0.5, 0.6) is 5.75 Å². The number of amides is 1. The van der Waals surface area contributed by atoms with Crippen molar-refractivity contribution in [3.05, 3.63) is 54.5 Å². The second kappa shape index (κ2) is 9.07. The molecular weight excluding hydrogens is 378 g/mol. The number of piperidine rings is 1. The Morgan fingerprint density at radius 3 is 2.80 bits per heavy atom. The number of benzene rings is 1. The topological polar surface area (TPSA) is 80.2 Å². The number of fused-ring (bicyclic) bond motifs is 1. The molecule has 30 heavy (non-hydrogen) atoms. The van der Waals surface area contributed by atoms with Gasteiger partial charge in [0.05, 0.1) is 31.0 Å². The Hall–Kier alpha value is -3.22. The molecule has 3 heterocycles. The summed E-state index contributed by atoms with van der Waals surface area (Å²) >= 11 is 0. The van der Waals surface area contributed by atoms with E-state index in [1.807, 2.05) is 36.5 Å². The fourth-order valence-corrected chi connectivity index (χ4v) is 3.99. The van der Waals surface area contributed by atoms with Gasteiger partial charge in [-0.2, -0.15) is 0 Å². The van der Waals surface area contributed by atoms with E-state index in [0.29, 0.717) is 12.2 Å². The monoisotopic (exact) mass is 405 g/mol. The highest BCUT2D eigenvalue weighted by Gasteiger charge is 2.28. The zero-order valence-electron chi connectivity index (χ0n) is 17.4. The Bertz CT molecular complexity index is 1010. The normalized spacial score (nSPS) is 17.5. The minimum Gasteiger partial charge on any atom is -0.497 e. The summed E-state index contributed by atoms with van der Waals surface area (Å²) in [6.45, 7) is 3.68. The number of hydrogen-bond donors (Lipinski definition) is 1. The Morgan fingerprint density at radius 1 is 1.23 bits per heavy atom. The fraction of sp³-hybridized carbons (Fsp3) is 0.391. The number of nitrogens with zero attached hydrogens (tertiary/aromatic N) is 4. The van der Waals surface area contributed by atoms with Crippen LogP contribution in [0.1, 0.15) is 37.8 Å². The van der Waals surface area contributed by atoms with Gasteiger partial charge >= 0.3 is 0 Å². The molecule has 3 aromatic rings. The SMILES string of the molecule is CC[C@@H](NC(=O)[C@H]1CCCN(c2cnc3nccnc3c2)C1)c1ccc(OC)cc1. The second-order valence-electron chi connectivity index (χ2n) is 7.62. The molecule has 0 spiro atoms. The van der Waals surface area contributed by atoms with E-state index in [1.54, 1.807) is 19.5 Å². The minimum atomic E-state index is -0.0522. The van der Waals surface area contributed by atoms with Crippen molar-refractivity contribution in [1.82, 2.24) is 20.3 Å². The molecule has 7 nitrogen and oxygen atoms in total. The average Bonchev–Trinajstić information content (AvgIpc) is 2.82. The van der Waals surface area contributed by atoms with E-state index in [1.165, 1.54) is 0 Å². The highest BCUT2D eigenvalue weighted by molar-refractivity contribution is 5.80. The van der Waals surface area contributed by atoms with Crippen LogP contribution in [0.15, 0.2) is 48.9 Å². The highest BCUT2D eigenvalue weighted by atomic mass is 16.5. The lowest BCUT2D eigenvalue weighted by molar-refractivity contribution is -0.126. The van der Waals surface area contributed by atoms with E-state index in [2.05, 4.69) is 32.1 Å². The molecule has 2 aromatic heterocycles. The first kappa shape index (κ1) is 20.1. The van der Waals surface area contributed by atoms with Gasteiger partial charge in [0.25, 0.3) is 0 Å². The first-order valence-electron chi connectivity index (χ1n) is 10.4. The Kier molecular flexibility index (Phi) is 6.07. The highest BCUT2D eigenvalue weighted by Crippen LogP contribution is 2.26. The molecule has 156 valence electrons. The molecule has 0 aliphatic carbocycles. The number of nitrogens with one attached hydrogen (secondary N) is 1. The molecule has 1 amide bonds. The molecule has 7 heteroatoms. The van der Waals surface area contributed by atoms with Crippen molar-refractivity contribution < 1.29 is 9.53 Å². The molecular formula is C23H27N5O2. The van der Waals surface area contributed by atoms with E-state index in [0.717, 1.165) is 48.3 Å². The number of carbonyl (C=O) groups excluding carboxylic acids is 1. The van der Waals surface area contributed by atoms with Gasteiger partial charge in [-0.05, 0) is 43.0 Å². The molecule has 1 aliphatic heterocycles. The first-order chi connectivity index (χ1) is 14.7. The van der Waals surface area contributed by atoms with Crippen molar-refractivity contribution in [1.29, 1.82) is 0 Å². The predicted molar refractivity (Wildman–Crippen MR) is 116 cm³/mol. The maximum atomic E-state index is 13.1. The lowest BCUT2D eigenvalue weighted by atomic mass is 9.95. The number of carbonyl (C=O) groups is 1. The van der Waals surface area contributed by atoms with Gasteiger partial charge in [0, 0.05) is 25.5 Å². The van der Waals surface area contributed by atoms with Gasteiger partial charge in [0.2, 0.25) is 5.91 Å². The smallest absolute Gasteiger partial charge is 0.225 e. The number of anilines is 1. The van der Waals surface area contributed by atoms with E-state index >= 15 is 0 Å². The Balaban J connectivity index is 1.44. The molecule has 1 fully saturated rings. The van der Waals surface area contributed by atoms with Gasteiger partial charge in [-0.3, -0.25) is 9.78 Å². The van der Waals surface area contributed by atoms with Gasteiger partial charge < -0.3 is 15.0 Å². The zero-order valence-corrected chi connectivity index (χ0v) is 17.4.